The molecule has 2 aromatic heterocycles. The van der Waals surface area contributed by atoms with Gasteiger partial charge in [-0.15, -0.1) is 0 Å². The van der Waals surface area contributed by atoms with E-state index in [1.165, 1.54) is 17.7 Å². The molecular formula is C25H21FN4S. The Morgan fingerprint density at radius 3 is 2.52 bits per heavy atom. The normalized spacial score (nSPS) is 18.3. The van der Waals surface area contributed by atoms with Gasteiger partial charge in [-0.2, -0.15) is 0 Å². The van der Waals surface area contributed by atoms with Crippen molar-refractivity contribution in [1.29, 1.82) is 0 Å². The molecule has 2 atom stereocenters. The second-order valence-corrected chi connectivity index (χ2v) is 8.00. The quantitative estimate of drug-likeness (QED) is 0.435. The summed E-state index contributed by atoms with van der Waals surface area (Å²) in [6, 6.07) is 24.5. The molecule has 0 saturated carbocycles. The summed E-state index contributed by atoms with van der Waals surface area (Å²) < 4.78 is 15.8. The Morgan fingerprint density at radius 1 is 0.935 bits per heavy atom. The van der Waals surface area contributed by atoms with Gasteiger partial charge in [-0.1, -0.05) is 18.2 Å². The smallest absolute Gasteiger partial charge is 0.174 e. The third-order valence-corrected chi connectivity index (χ3v) is 5.88. The fraction of sp³-hybridized carbons (Fsp3) is 0.120. The molecule has 1 aliphatic rings. The van der Waals surface area contributed by atoms with Crippen molar-refractivity contribution in [2.24, 2.45) is 0 Å². The van der Waals surface area contributed by atoms with Crippen molar-refractivity contribution < 1.29 is 4.39 Å². The number of hydrogen-bond donors (Lipinski definition) is 1. The molecule has 31 heavy (non-hydrogen) atoms. The first-order valence-corrected chi connectivity index (χ1v) is 10.5. The maximum absolute atomic E-state index is 13.6. The fourth-order valence-electron chi connectivity index (χ4n) is 4.18. The summed E-state index contributed by atoms with van der Waals surface area (Å²) in [5, 5.41) is 4.04. The predicted molar refractivity (Wildman–Crippen MR) is 125 cm³/mol. The zero-order chi connectivity index (χ0) is 21.4. The fourth-order valence-corrected chi connectivity index (χ4v) is 4.53. The standard InChI is InChI=1S/C25H21FN4S/c1-17-6-4-7-20(16-17)29-15-5-9-22(29)24-23(21-8-2-3-14-27-21)28-25(31)30(24)19-12-10-18(26)11-13-19/h2-16,23-24H,1H3,(H,28,31)/t23-,24-/m0/s1. The largest absolute Gasteiger partial charge is 0.351 e. The van der Waals surface area contributed by atoms with Crippen LogP contribution >= 0.6 is 12.2 Å². The first-order chi connectivity index (χ1) is 15.1. The van der Waals surface area contributed by atoms with Gasteiger partial charge in [-0.25, -0.2) is 4.39 Å². The van der Waals surface area contributed by atoms with E-state index >= 15 is 0 Å². The van der Waals surface area contributed by atoms with Gasteiger partial charge in [0.1, 0.15) is 11.9 Å². The monoisotopic (exact) mass is 428 g/mol. The van der Waals surface area contributed by atoms with E-state index < -0.39 is 0 Å². The van der Waals surface area contributed by atoms with E-state index in [0.717, 1.165) is 22.8 Å². The second-order valence-electron chi connectivity index (χ2n) is 7.62. The van der Waals surface area contributed by atoms with Crippen LogP contribution in [0.15, 0.2) is 91.3 Å². The highest BCUT2D eigenvalue weighted by Gasteiger charge is 2.42. The maximum atomic E-state index is 13.6. The Balaban J connectivity index is 1.67. The van der Waals surface area contributed by atoms with Crippen molar-refractivity contribution in [3.63, 3.8) is 0 Å². The minimum Gasteiger partial charge on any atom is -0.351 e. The molecule has 1 N–H and O–H groups in total. The first-order valence-electron chi connectivity index (χ1n) is 10.1. The summed E-state index contributed by atoms with van der Waals surface area (Å²) in [6.07, 6.45) is 3.85. The van der Waals surface area contributed by atoms with Crippen LogP contribution in [0.1, 0.15) is 29.0 Å². The maximum Gasteiger partial charge on any atom is 0.174 e. The summed E-state index contributed by atoms with van der Waals surface area (Å²) >= 11 is 5.75. The van der Waals surface area contributed by atoms with E-state index in [2.05, 4.69) is 63.2 Å². The third-order valence-electron chi connectivity index (χ3n) is 5.57. The van der Waals surface area contributed by atoms with Crippen LogP contribution in [0, 0.1) is 12.7 Å². The average molecular weight is 429 g/mol. The predicted octanol–water partition coefficient (Wildman–Crippen LogP) is 5.50. The van der Waals surface area contributed by atoms with Crippen LogP contribution in [0.4, 0.5) is 10.1 Å². The molecule has 154 valence electrons. The molecule has 4 nitrogen and oxygen atoms in total. The molecule has 4 aromatic rings. The lowest BCUT2D eigenvalue weighted by Crippen LogP contribution is -2.30. The summed E-state index contributed by atoms with van der Waals surface area (Å²) in [5.74, 6) is -0.275. The third kappa shape index (κ3) is 3.59. The number of pyridine rings is 1. The number of benzene rings is 2. The van der Waals surface area contributed by atoms with E-state index in [1.54, 1.807) is 18.3 Å². The number of anilines is 1. The SMILES string of the molecule is Cc1cccc(-n2cccc2[C@H]2[C@H](c3ccccn3)NC(=S)N2c2ccc(F)cc2)c1. The molecule has 6 heteroatoms. The Bertz CT molecular complexity index is 1220. The molecule has 1 saturated heterocycles. The summed E-state index contributed by atoms with van der Waals surface area (Å²) in [7, 11) is 0. The Labute approximate surface area is 186 Å². The number of thiocarbonyl (C=S) groups is 1. The van der Waals surface area contributed by atoms with Crippen molar-refractivity contribution in [2.75, 3.05) is 4.90 Å². The lowest BCUT2D eigenvalue weighted by molar-refractivity contribution is 0.549. The van der Waals surface area contributed by atoms with Gasteiger partial charge in [0.05, 0.1) is 11.7 Å². The number of hydrogen-bond acceptors (Lipinski definition) is 2. The van der Waals surface area contributed by atoms with E-state index in [0.29, 0.717) is 5.11 Å². The highest BCUT2D eigenvalue weighted by Crippen LogP contribution is 2.42. The van der Waals surface area contributed by atoms with E-state index in [9.17, 15) is 4.39 Å². The first kappa shape index (κ1) is 19.5. The minimum absolute atomic E-state index is 0.155. The molecule has 0 unspecified atom stereocenters. The molecule has 0 radical (unpaired) electrons. The van der Waals surface area contributed by atoms with Crippen molar-refractivity contribution in [1.82, 2.24) is 14.9 Å². The van der Waals surface area contributed by atoms with Crippen LogP contribution in [0.3, 0.4) is 0 Å². The van der Waals surface area contributed by atoms with Gasteiger partial charge in [0.15, 0.2) is 5.11 Å². The van der Waals surface area contributed by atoms with Crippen LogP contribution in [0.2, 0.25) is 0 Å². The van der Waals surface area contributed by atoms with Crippen LogP contribution in [0.25, 0.3) is 5.69 Å². The number of nitrogens with one attached hydrogen (secondary N) is 1. The van der Waals surface area contributed by atoms with E-state index in [1.807, 2.05) is 24.3 Å². The summed E-state index contributed by atoms with van der Waals surface area (Å²) in [6.45, 7) is 2.08. The van der Waals surface area contributed by atoms with E-state index in [-0.39, 0.29) is 17.9 Å². The molecule has 2 aromatic carbocycles. The highest BCUT2D eigenvalue weighted by molar-refractivity contribution is 7.80. The lowest BCUT2D eigenvalue weighted by atomic mass is 10.0. The molecular weight excluding hydrogens is 407 g/mol. The molecule has 0 bridgehead atoms. The van der Waals surface area contributed by atoms with Gasteiger partial charge < -0.3 is 14.8 Å². The summed E-state index contributed by atoms with van der Waals surface area (Å²) in [4.78, 5) is 6.65. The number of aryl methyl sites for hydroxylation is 1. The summed E-state index contributed by atoms with van der Waals surface area (Å²) in [5.41, 5.74) is 5.07. The van der Waals surface area contributed by atoms with Gasteiger partial charge in [0.2, 0.25) is 0 Å². The molecule has 0 spiro atoms. The van der Waals surface area contributed by atoms with Crippen LogP contribution in [-0.2, 0) is 0 Å². The second kappa shape index (κ2) is 7.96. The van der Waals surface area contributed by atoms with Gasteiger partial charge in [0, 0.05) is 29.5 Å². The lowest BCUT2D eigenvalue weighted by Gasteiger charge is -2.29. The number of rotatable bonds is 4. The molecule has 3 heterocycles. The number of halogens is 1. The van der Waals surface area contributed by atoms with Crippen LogP contribution in [0.5, 0.6) is 0 Å². The van der Waals surface area contributed by atoms with Crippen molar-refractivity contribution in [3.05, 3.63) is 114 Å². The zero-order valence-electron chi connectivity index (χ0n) is 16.9. The Morgan fingerprint density at radius 2 is 1.77 bits per heavy atom. The van der Waals surface area contributed by atoms with Gasteiger partial charge in [-0.05, 0) is 85.4 Å². The van der Waals surface area contributed by atoms with Crippen molar-refractivity contribution in [3.8, 4) is 5.69 Å². The van der Waals surface area contributed by atoms with Gasteiger partial charge in [0.25, 0.3) is 0 Å². The van der Waals surface area contributed by atoms with Crippen molar-refractivity contribution in [2.45, 2.75) is 19.0 Å². The molecule has 1 aliphatic heterocycles. The van der Waals surface area contributed by atoms with Crippen LogP contribution < -0.4 is 10.2 Å². The highest BCUT2D eigenvalue weighted by atomic mass is 32.1. The molecule has 0 aliphatic carbocycles. The Kier molecular flexibility index (Phi) is 5.00. The van der Waals surface area contributed by atoms with Crippen LogP contribution in [-0.4, -0.2) is 14.7 Å². The Hall–Kier alpha value is -3.51. The topological polar surface area (TPSA) is 33.1 Å². The number of aromatic nitrogens is 2. The van der Waals surface area contributed by atoms with Gasteiger partial charge >= 0.3 is 0 Å². The molecule has 1 fully saturated rings. The average Bonchev–Trinajstić information content (AvgIpc) is 3.39. The minimum atomic E-state index is -0.275. The molecule has 5 rings (SSSR count). The zero-order valence-corrected chi connectivity index (χ0v) is 17.8. The number of nitrogens with zero attached hydrogens (tertiary/aromatic N) is 3. The van der Waals surface area contributed by atoms with Crippen molar-refractivity contribution >= 4 is 23.0 Å². The van der Waals surface area contributed by atoms with Gasteiger partial charge in [-0.3, -0.25) is 4.98 Å². The molecule has 0 amide bonds. The van der Waals surface area contributed by atoms with E-state index in [4.69, 9.17) is 12.2 Å².